The van der Waals surface area contributed by atoms with Gasteiger partial charge < -0.3 is 10.0 Å². The molecule has 0 fully saturated rings. The van der Waals surface area contributed by atoms with Gasteiger partial charge in [-0.2, -0.15) is 10.2 Å². The van der Waals surface area contributed by atoms with Crippen LogP contribution in [-0.4, -0.2) is 48.4 Å². The largest absolute Gasteiger partial charge is 0.476 e. The number of hydrogen-bond acceptors (Lipinski definition) is 5. The maximum absolute atomic E-state index is 13.2. The molecule has 1 atom stereocenters. The number of aryl methyl sites for hydroxylation is 1. The Morgan fingerprint density at radius 1 is 1.21 bits per heavy atom. The first-order valence-electron chi connectivity index (χ1n) is 9.02. The smallest absolute Gasteiger partial charge is 0.356 e. The monoisotopic (exact) mass is 381 g/mol. The van der Waals surface area contributed by atoms with Crippen molar-refractivity contribution in [2.75, 3.05) is 6.54 Å². The van der Waals surface area contributed by atoms with Gasteiger partial charge in [0.25, 0.3) is 5.56 Å². The summed E-state index contributed by atoms with van der Waals surface area (Å²) in [5.41, 5.74) is 0.892. The maximum atomic E-state index is 13.2. The minimum absolute atomic E-state index is 0.0226. The number of aromatic nitrogens is 4. The van der Waals surface area contributed by atoms with E-state index in [0.29, 0.717) is 41.7 Å². The quantitative estimate of drug-likeness (QED) is 0.706. The number of carboxylic acids is 1. The molecule has 0 spiro atoms. The first kappa shape index (κ1) is 17.9. The summed E-state index contributed by atoms with van der Waals surface area (Å²) in [6, 6.07) is 8.57. The van der Waals surface area contributed by atoms with Gasteiger partial charge in [0.2, 0.25) is 5.91 Å². The third-order valence-electron chi connectivity index (χ3n) is 5.05. The third-order valence-corrected chi connectivity index (χ3v) is 5.05. The van der Waals surface area contributed by atoms with Crippen molar-refractivity contribution in [3.05, 3.63) is 57.8 Å². The number of nitrogens with zero attached hydrogens (tertiary/aromatic N) is 4. The van der Waals surface area contributed by atoms with Crippen molar-refractivity contribution in [1.82, 2.24) is 24.9 Å². The van der Waals surface area contributed by atoms with Crippen LogP contribution in [0.2, 0.25) is 0 Å². The molecule has 9 heteroatoms. The molecule has 144 valence electrons. The van der Waals surface area contributed by atoms with Crippen LogP contribution in [0.15, 0.2) is 35.1 Å². The molecule has 0 saturated heterocycles. The van der Waals surface area contributed by atoms with Gasteiger partial charge in [0.15, 0.2) is 5.69 Å². The summed E-state index contributed by atoms with van der Waals surface area (Å²) in [6.07, 6.45) is 0.673. The van der Waals surface area contributed by atoms with E-state index in [1.54, 1.807) is 34.7 Å². The first-order chi connectivity index (χ1) is 13.5. The highest BCUT2D eigenvalue weighted by atomic mass is 16.4. The van der Waals surface area contributed by atoms with Crippen LogP contribution in [0.3, 0.4) is 0 Å². The number of fused-ring (bicyclic) bond motifs is 2. The van der Waals surface area contributed by atoms with Gasteiger partial charge in [-0.3, -0.25) is 14.3 Å². The Labute approximate surface area is 159 Å². The van der Waals surface area contributed by atoms with Crippen molar-refractivity contribution in [3.63, 3.8) is 0 Å². The number of rotatable bonds is 3. The number of amides is 1. The summed E-state index contributed by atoms with van der Waals surface area (Å²) in [7, 11) is 0. The van der Waals surface area contributed by atoms with Crippen LogP contribution in [0.5, 0.6) is 0 Å². The summed E-state index contributed by atoms with van der Waals surface area (Å²) in [5.74, 6) is -1.78. The number of carboxylic acid groups (broad SMARTS) is 1. The molecule has 1 aliphatic rings. The molecule has 0 unspecified atom stereocenters. The van der Waals surface area contributed by atoms with Gasteiger partial charge >= 0.3 is 5.97 Å². The Balaban J connectivity index is 1.65. The van der Waals surface area contributed by atoms with E-state index in [0.717, 1.165) is 0 Å². The lowest BCUT2D eigenvalue weighted by atomic mass is 10.00. The number of H-pyrrole nitrogens is 1. The van der Waals surface area contributed by atoms with Gasteiger partial charge in [0.1, 0.15) is 0 Å². The van der Waals surface area contributed by atoms with Gasteiger partial charge in [-0.25, -0.2) is 9.89 Å². The summed E-state index contributed by atoms with van der Waals surface area (Å²) < 4.78 is 1.65. The molecule has 4 rings (SSSR count). The predicted octanol–water partition coefficient (Wildman–Crippen LogP) is 1.35. The molecule has 2 aromatic heterocycles. The van der Waals surface area contributed by atoms with Crippen molar-refractivity contribution in [3.8, 4) is 0 Å². The zero-order chi connectivity index (χ0) is 19.8. The summed E-state index contributed by atoms with van der Waals surface area (Å²) in [6.45, 7) is 3.14. The highest BCUT2D eigenvalue weighted by Crippen LogP contribution is 2.24. The molecule has 1 aliphatic heterocycles. The molecule has 1 aromatic carbocycles. The van der Waals surface area contributed by atoms with Crippen LogP contribution in [0.1, 0.15) is 41.1 Å². The third kappa shape index (κ3) is 3.04. The lowest BCUT2D eigenvalue weighted by Crippen LogP contribution is -2.34. The molecular weight excluding hydrogens is 362 g/mol. The molecule has 0 radical (unpaired) electrons. The Morgan fingerprint density at radius 3 is 2.71 bits per heavy atom. The Kier molecular flexibility index (Phi) is 4.42. The summed E-state index contributed by atoms with van der Waals surface area (Å²) in [5, 5.41) is 21.0. The second kappa shape index (κ2) is 6.91. The molecule has 28 heavy (non-hydrogen) atoms. The molecule has 2 N–H and O–H groups in total. The van der Waals surface area contributed by atoms with E-state index in [-0.39, 0.29) is 23.7 Å². The number of nitrogens with one attached hydrogen (secondary N) is 1. The molecular formula is C19H19N5O4. The average molecular weight is 381 g/mol. The molecule has 0 saturated carbocycles. The van der Waals surface area contributed by atoms with E-state index >= 15 is 0 Å². The molecule has 1 amide bonds. The highest BCUT2D eigenvalue weighted by Gasteiger charge is 2.28. The number of carbonyl (C=O) groups excluding carboxylic acids is 1. The van der Waals surface area contributed by atoms with Crippen molar-refractivity contribution in [2.45, 2.75) is 32.4 Å². The second-order valence-electron chi connectivity index (χ2n) is 6.87. The minimum atomic E-state index is -1.09. The number of aromatic amines is 1. The van der Waals surface area contributed by atoms with E-state index in [9.17, 15) is 14.4 Å². The van der Waals surface area contributed by atoms with Crippen LogP contribution < -0.4 is 5.56 Å². The maximum Gasteiger partial charge on any atom is 0.356 e. The van der Waals surface area contributed by atoms with Crippen molar-refractivity contribution in [2.24, 2.45) is 0 Å². The first-order valence-corrected chi connectivity index (χ1v) is 9.02. The average Bonchev–Trinajstić information content (AvgIpc) is 2.99. The molecule has 3 heterocycles. The molecule has 9 nitrogen and oxygen atoms in total. The standard InChI is InChI=1S/C19H19N5O4/c1-11(16-13-5-2-3-6-14(13)17(25)21-20-16)18(26)23-7-4-8-24-12(10-23)9-15(22-24)19(27)28/h2-3,5-6,9,11H,4,7-8,10H2,1H3,(H,21,25)(H,27,28)/t11-/m1/s1. The Bertz CT molecular complexity index is 1130. The molecule has 0 bridgehead atoms. The van der Waals surface area contributed by atoms with Gasteiger partial charge in [-0.15, -0.1) is 0 Å². The van der Waals surface area contributed by atoms with Crippen LogP contribution in [-0.2, 0) is 17.9 Å². The van der Waals surface area contributed by atoms with Crippen LogP contribution in [0, 0.1) is 0 Å². The van der Waals surface area contributed by atoms with Crippen molar-refractivity contribution in [1.29, 1.82) is 0 Å². The number of benzene rings is 1. The van der Waals surface area contributed by atoms with Crippen molar-refractivity contribution < 1.29 is 14.7 Å². The van der Waals surface area contributed by atoms with Gasteiger partial charge in [0, 0.05) is 18.5 Å². The van der Waals surface area contributed by atoms with Gasteiger partial charge in [-0.05, 0) is 25.5 Å². The minimum Gasteiger partial charge on any atom is -0.476 e. The fourth-order valence-electron chi connectivity index (χ4n) is 3.61. The SMILES string of the molecule is C[C@@H](C(=O)N1CCCn2nc(C(=O)O)cc2C1)c1n[nH]c(=O)c2ccccc12. The number of carbonyl (C=O) groups is 2. The number of hydrogen-bond donors (Lipinski definition) is 2. The summed E-state index contributed by atoms with van der Waals surface area (Å²) in [4.78, 5) is 38.0. The van der Waals surface area contributed by atoms with Gasteiger partial charge in [0.05, 0.1) is 29.2 Å². The lowest BCUT2D eigenvalue weighted by molar-refractivity contribution is -0.133. The van der Waals surface area contributed by atoms with Gasteiger partial charge in [-0.1, -0.05) is 18.2 Å². The normalized spacial score (nSPS) is 15.1. The predicted molar refractivity (Wildman–Crippen MR) is 100.0 cm³/mol. The van der Waals surface area contributed by atoms with E-state index in [2.05, 4.69) is 15.3 Å². The van der Waals surface area contributed by atoms with Crippen LogP contribution in [0.25, 0.3) is 10.8 Å². The van der Waals surface area contributed by atoms with E-state index < -0.39 is 11.9 Å². The number of aromatic carboxylic acids is 1. The lowest BCUT2D eigenvalue weighted by Gasteiger charge is -2.24. The highest BCUT2D eigenvalue weighted by molar-refractivity contribution is 5.91. The van der Waals surface area contributed by atoms with Crippen LogP contribution in [0.4, 0.5) is 0 Å². The zero-order valence-corrected chi connectivity index (χ0v) is 15.3. The topological polar surface area (TPSA) is 121 Å². The fraction of sp³-hybridized carbons (Fsp3) is 0.316. The molecule has 3 aromatic rings. The van der Waals surface area contributed by atoms with E-state index in [4.69, 9.17) is 5.11 Å². The Morgan fingerprint density at radius 2 is 1.96 bits per heavy atom. The second-order valence-corrected chi connectivity index (χ2v) is 6.87. The van der Waals surface area contributed by atoms with E-state index in [1.165, 1.54) is 6.07 Å². The van der Waals surface area contributed by atoms with Crippen molar-refractivity contribution >= 4 is 22.6 Å². The fourth-order valence-corrected chi connectivity index (χ4v) is 3.61. The van der Waals surface area contributed by atoms with Crippen LogP contribution >= 0.6 is 0 Å². The summed E-state index contributed by atoms with van der Waals surface area (Å²) >= 11 is 0. The van der Waals surface area contributed by atoms with E-state index in [1.807, 2.05) is 6.07 Å². The molecule has 0 aliphatic carbocycles. The zero-order valence-electron chi connectivity index (χ0n) is 15.3. The Hall–Kier alpha value is -3.49.